The van der Waals surface area contributed by atoms with Crippen LogP contribution in [0.4, 0.5) is 27.9 Å². The molecule has 0 saturated carbocycles. The number of urea groups is 1. The van der Waals surface area contributed by atoms with Crippen molar-refractivity contribution >= 4 is 69.8 Å². The summed E-state index contributed by atoms with van der Waals surface area (Å²) in [5, 5.41) is 38.1. The second-order valence-electron chi connectivity index (χ2n) is 20.4. The number of ketones is 1. The van der Waals surface area contributed by atoms with Gasteiger partial charge in [-0.3, -0.25) is 29.3 Å². The maximum Gasteiger partial charge on any atom is 0.333 e. The van der Waals surface area contributed by atoms with Crippen molar-refractivity contribution < 1.29 is 57.9 Å². The number of phenols is 1. The molecule has 1 saturated heterocycles. The first kappa shape index (κ1) is 59.2. The van der Waals surface area contributed by atoms with Crippen LogP contribution in [0.1, 0.15) is 65.6 Å². The number of carboxylic acid groups (broad SMARTS) is 1. The number of morpholine rings is 1. The molecule has 11 N–H and O–H groups in total. The molecule has 27 nitrogen and oxygen atoms in total. The van der Waals surface area contributed by atoms with Gasteiger partial charge in [-0.2, -0.15) is 15.1 Å². The van der Waals surface area contributed by atoms with Crippen molar-refractivity contribution in [2.75, 3.05) is 108 Å². The average molecular weight is 1130 g/mol. The molecule has 1 aliphatic heterocycles. The molecule has 434 valence electrons. The molecule has 0 unspecified atom stereocenters. The number of carbonyl (C=O) groups excluding carboxylic acids is 5. The van der Waals surface area contributed by atoms with Crippen LogP contribution >= 0.6 is 0 Å². The number of fused-ring (bicyclic) bond motifs is 4. The predicted octanol–water partition coefficient (Wildman–Crippen LogP) is 2.73. The van der Waals surface area contributed by atoms with E-state index in [0.717, 1.165) is 5.69 Å². The van der Waals surface area contributed by atoms with Gasteiger partial charge in [0, 0.05) is 62.0 Å². The lowest BCUT2D eigenvalue weighted by Gasteiger charge is -2.41. The maximum absolute atomic E-state index is 14.2. The van der Waals surface area contributed by atoms with Crippen molar-refractivity contribution in [1.29, 1.82) is 0 Å². The normalized spacial score (nSPS) is 13.9. The number of hydrogen-bond acceptors (Lipinski definition) is 20. The van der Waals surface area contributed by atoms with Crippen LogP contribution in [-0.4, -0.2) is 172 Å². The Morgan fingerprint density at radius 1 is 0.817 bits per heavy atom. The smallest absolute Gasteiger partial charge is 0.333 e. The van der Waals surface area contributed by atoms with E-state index in [9.17, 15) is 39.0 Å². The summed E-state index contributed by atoms with van der Waals surface area (Å²) in [6.45, 7) is 8.83. The van der Waals surface area contributed by atoms with Crippen LogP contribution < -0.4 is 43.1 Å². The Bertz CT molecular complexity index is 3290. The lowest BCUT2D eigenvalue weighted by molar-refractivity contribution is -0.150. The summed E-state index contributed by atoms with van der Waals surface area (Å²) in [5.74, 6) is -2.94. The molecule has 82 heavy (non-hydrogen) atoms. The first-order valence-corrected chi connectivity index (χ1v) is 26.5. The quantitative estimate of drug-likeness (QED) is 0.0352. The van der Waals surface area contributed by atoms with Crippen LogP contribution in [0.2, 0.25) is 0 Å². The van der Waals surface area contributed by atoms with Gasteiger partial charge in [-0.15, -0.1) is 0 Å². The molecule has 1 atom stereocenters. The van der Waals surface area contributed by atoms with E-state index in [1.54, 1.807) is 86.6 Å². The first-order chi connectivity index (χ1) is 39.3. The lowest BCUT2D eigenvalue weighted by atomic mass is 9.70. The van der Waals surface area contributed by atoms with E-state index in [1.165, 1.54) is 16.8 Å². The number of amides is 5. The monoisotopic (exact) mass is 1130 g/mol. The van der Waals surface area contributed by atoms with Crippen LogP contribution in [0.25, 0.3) is 33.7 Å². The third kappa shape index (κ3) is 14.3. The molecule has 27 heteroatoms. The zero-order valence-electron chi connectivity index (χ0n) is 46.0. The number of nitrogens with one attached hydrogen (secondary N) is 5. The first-order valence-electron chi connectivity index (χ1n) is 26.5. The van der Waals surface area contributed by atoms with E-state index in [0.29, 0.717) is 72.3 Å². The minimum Gasteiger partial charge on any atom is -0.508 e. The van der Waals surface area contributed by atoms with Gasteiger partial charge in [0.25, 0.3) is 5.91 Å². The highest BCUT2D eigenvalue weighted by molar-refractivity contribution is 6.27. The van der Waals surface area contributed by atoms with Gasteiger partial charge in [0.2, 0.25) is 17.8 Å². The van der Waals surface area contributed by atoms with E-state index >= 15 is 0 Å². The highest BCUT2D eigenvalue weighted by Gasteiger charge is 2.50. The van der Waals surface area contributed by atoms with Gasteiger partial charge in [-0.25, -0.2) is 24.6 Å². The van der Waals surface area contributed by atoms with Crippen molar-refractivity contribution in [2.45, 2.75) is 52.2 Å². The number of benzene rings is 3. The van der Waals surface area contributed by atoms with E-state index in [4.69, 9.17) is 35.5 Å². The third-order valence-electron chi connectivity index (χ3n) is 13.7. The number of hydrazine groups is 1. The SMILES string of the molecule is CN(Cc1cnc2nc(N)nc(N)c2n1)c1ccc(C(=O)N[C@](CCC(=O)NCCOCCOCCOCCNC(=O)Cn2nc3c(c2-c2ccc(O)cc2)C(=O)c2c(NC(=O)NN4CCOCC4)cccc2-3)(C(=O)O)C(C)(C)C)cc1. The van der Waals surface area contributed by atoms with Crippen LogP contribution in [0, 0.1) is 5.41 Å². The van der Waals surface area contributed by atoms with Crippen LogP contribution in [0.3, 0.4) is 0 Å². The number of aromatic hydroxyl groups is 1. The number of phenolic OH excluding ortho intramolecular Hbond substituents is 1. The minimum absolute atomic E-state index is 0.00454. The maximum atomic E-state index is 14.2. The molecule has 1 fully saturated rings. The Balaban J connectivity index is 0.713. The second kappa shape index (κ2) is 26.6. The van der Waals surface area contributed by atoms with E-state index < -0.39 is 34.8 Å². The molecule has 0 bridgehead atoms. The number of ether oxygens (including phenoxy) is 4. The summed E-state index contributed by atoms with van der Waals surface area (Å²) >= 11 is 0. The van der Waals surface area contributed by atoms with Gasteiger partial charge >= 0.3 is 12.0 Å². The molecule has 0 radical (unpaired) electrons. The molecule has 3 aromatic carbocycles. The number of aromatic nitrogens is 6. The van der Waals surface area contributed by atoms with E-state index in [2.05, 4.69) is 46.6 Å². The van der Waals surface area contributed by atoms with Crippen LogP contribution in [0.15, 0.2) is 72.9 Å². The number of carboxylic acids is 1. The van der Waals surface area contributed by atoms with E-state index in [-0.39, 0.29) is 124 Å². The zero-order valence-corrected chi connectivity index (χ0v) is 46.0. The largest absolute Gasteiger partial charge is 0.508 e. The molecule has 2 aliphatic rings. The van der Waals surface area contributed by atoms with Crippen molar-refractivity contribution in [3.05, 3.63) is 95.3 Å². The van der Waals surface area contributed by atoms with Crippen molar-refractivity contribution in [3.8, 4) is 28.3 Å². The number of hydrogen-bond donors (Lipinski definition) is 9. The Morgan fingerprint density at radius 3 is 2.13 bits per heavy atom. The van der Waals surface area contributed by atoms with Crippen LogP contribution in [-0.2, 0) is 46.4 Å². The Morgan fingerprint density at radius 2 is 1.48 bits per heavy atom. The fourth-order valence-corrected chi connectivity index (χ4v) is 9.37. The molecular formula is C55H67N15O12. The summed E-state index contributed by atoms with van der Waals surface area (Å²) in [6, 6.07) is 17.4. The van der Waals surface area contributed by atoms with Crippen molar-refractivity contribution in [1.82, 2.24) is 56.1 Å². The Labute approximate surface area is 471 Å². The number of anilines is 4. The number of nitrogens with zero attached hydrogens (tertiary/aromatic N) is 8. The lowest BCUT2D eigenvalue weighted by Crippen LogP contribution is -2.62. The minimum atomic E-state index is -1.80. The summed E-state index contributed by atoms with van der Waals surface area (Å²) in [7, 11) is 1.83. The molecule has 4 heterocycles. The molecule has 5 amide bonds. The number of carbonyl (C=O) groups is 6. The highest BCUT2D eigenvalue weighted by Crippen LogP contribution is 2.44. The van der Waals surface area contributed by atoms with Gasteiger partial charge in [0.15, 0.2) is 22.8 Å². The summed E-state index contributed by atoms with van der Waals surface area (Å²) in [4.78, 5) is 98.6. The van der Waals surface area contributed by atoms with Gasteiger partial charge in [0.05, 0.1) is 93.8 Å². The van der Waals surface area contributed by atoms with Gasteiger partial charge < -0.3 is 66.8 Å². The molecule has 0 spiro atoms. The highest BCUT2D eigenvalue weighted by atomic mass is 16.5. The molecule has 8 rings (SSSR count). The third-order valence-corrected chi connectivity index (χ3v) is 13.7. The second-order valence-corrected chi connectivity index (χ2v) is 20.4. The summed E-state index contributed by atoms with van der Waals surface area (Å²) in [6.07, 6.45) is 1.19. The number of rotatable bonds is 26. The topological polar surface area (TPSA) is 368 Å². The molecule has 1 aliphatic carbocycles. The standard InChI is InChI=1S/C55H67N15O12/c1-54(2,3)55(51(76)77,65-50(75)34-8-12-36(13-9-34)68(4)31-35-30-60-49-45(61-35)48(56)63-52(57)64-49)17-16-40(72)58-18-22-79-26-28-82-29-27-80-23-19-59-41(73)32-70-46(33-10-14-37(71)15-11-33)43-44(66-70)38-6-5-7-39(42(38)47(43)74)62-53(78)67-69-20-24-81-25-21-69/h5-15,30,71H,16-29,31-32H2,1-4H3,(H,58,72)(H,59,73)(H,65,75)(H,76,77)(H2,62,67,78)(H4,56,57,60,63,64)/t55-/m1/s1. The fraction of sp³-hybridized carbons (Fsp3) is 0.400. The predicted molar refractivity (Wildman–Crippen MR) is 300 cm³/mol. The average Bonchev–Trinajstić information content (AvgIpc) is 2.18. The molecule has 3 aromatic heterocycles. The molecular weight excluding hydrogens is 1060 g/mol. The van der Waals surface area contributed by atoms with Crippen molar-refractivity contribution in [3.63, 3.8) is 0 Å². The summed E-state index contributed by atoms with van der Waals surface area (Å²) in [5.41, 5.74) is 16.4. The fourth-order valence-electron chi connectivity index (χ4n) is 9.37. The Kier molecular flexibility index (Phi) is 19.2. The van der Waals surface area contributed by atoms with Gasteiger partial charge in [0.1, 0.15) is 23.5 Å². The molecule has 6 aromatic rings. The van der Waals surface area contributed by atoms with E-state index in [1.807, 2.05) is 11.9 Å². The van der Waals surface area contributed by atoms with Crippen molar-refractivity contribution in [2.24, 2.45) is 5.41 Å². The van der Waals surface area contributed by atoms with Crippen LogP contribution in [0.5, 0.6) is 5.75 Å². The zero-order chi connectivity index (χ0) is 58.6. The van der Waals surface area contributed by atoms with Gasteiger partial charge in [-0.05, 0) is 66.4 Å². The van der Waals surface area contributed by atoms with Gasteiger partial charge in [-0.1, -0.05) is 32.9 Å². The summed E-state index contributed by atoms with van der Waals surface area (Å²) < 4.78 is 23.6. The number of nitrogens with two attached hydrogens (primary N) is 2. The Hall–Kier alpha value is -8.89. The number of aliphatic carboxylic acids is 1. The number of nitrogen functional groups attached to an aromatic ring is 2.